The molecule has 0 aliphatic carbocycles. The van der Waals surface area contributed by atoms with Gasteiger partial charge in [0.15, 0.2) is 0 Å². The molecule has 1 heterocycles. The molecule has 52 heavy (non-hydrogen) atoms. The standard InChI is InChI=1S/C50H33NO/c1-4-15-45-37(10-1)19-20-40-31-39(25-30-46(40)45)35-23-28-44(29-24-35)51(48-17-8-12-36-9-2-5-16-47(36)48)43-26-21-34(22-27-43)38-13-7-14-41(32-38)50-33-42-11-3-6-18-49(42)52-50/h1-33H. The Kier molecular flexibility index (Phi) is 7.18. The van der Waals surface area contributed by atoms with Crippen LogP contribution in [0.4, 0.5) is 17.1 Å². The number of benzene rings is 9. The lowest BCUT2D eigenvalue weighted by atomic mass is 9.97. The van der Waals surface area contributed by atoms with Gasteiger partial charge in [-0.3, -0.25) is 0 Å². The van der Waals surface area contributed by atoms with Crippen LogP contribution in [-0.4, -0.2) is 0 Å². The SMILES string of the molecule is c1cc(-c2ccc(N(c3ccc(-c4ccc5c(ccc6ccccc65)c4)cc3)c3cccc4ccccc34)cc2)cc(-c2cc3ccccc3o2)c1. The third-order valence-corrected chi connectivity index (χ3v) is 10.2. The minimum atomic E-state index is 0.877. The summed E-state index contributed by atoms with van der Waals surface area (Å²) in [6.07, 6.45) is 0. The average Bonchev–Trinajstić information content (AvgIpc) is 3.66. The van der Waals surface area contributed by atoms with Crippen molar-refractivity contribution >= 4 is 60.3 Å². The van der Waals surface area contributed by atoms with Gasteiger partial charge >= 0.3 is 0 Å². The lowest BCUT2D eigenvalue weighted by Gasteiger charge is -2.27. The lowest BCUT2D eigenvalue weighted by Crippen LogP contribution is -2.10. The van der Waals surface area contributed by atoms with Crippen LogP contribution in [0.3, 0.4) is 0 Å². The number of fused-ring (bicyclic) bond motifs is 5. The average molecular weight is 664 g/mol. The van der Waals surface area contributed by atoms with Gasteiger partial charge in [0.2, 0.25) is 0 Å². The predicted molar refractivity (Wildman–Crippen MR) is 220 cm³/mol. The Morgan fingerprint density at radius 3 is 1.60 bits per heavy atom. The normalized spacial score (nSPS) is 11.5. The quantitative estimate of drug-likeness (QED) is 0.165. The van der Waals surface area contributed by atoms with E-state index in [1.54, 1.807) is 0 Å². The molecule has 2 heteroatoms. The van der Waals surface area contributed by atoms with Crippen LogP contribution in [0, 0.1) is 0 Å². The van der Waals surface area contributed by atoms with Crippen molar-refractivity contribution in [2.24, 2.45) is 0 Å². The predicted octanol–water partition coefficient (Wildman–Crippen LogP) is 14.4. The second-order valence-electron chi connectivity index (χ2n) is 13.4. The topological polar surface area (TPSA) is 16.4 Å². The summed E-state index contributed by atoms with van der Waals surface area (Å²) in [5, 5.41) is 8.62. The minimum Gasteiger partial charge on any atom is -0.456 e. The molecule has 0 fully saturated rings. The van der Waals surface area contributed by atoms with Gasteiger partial charge in [-0.25, -0.2) is 0 Å². The van der Waals surface area contributed by atoms with E-state index in [9.17, 15) is 0 Å². The Balaban J connectivity index is 1.02. The van der Waals surface area contributed by atoms with E-state index in [4.69, 9.17) is 4.42 Å². The molecule has 10 rings (SSSR count). The van der Waals surface area contributed by atoms with E-state index < -0.39 is 0 Å². The van der Waals surface area contributed by atoms with Gasteiger partial charge in [0, 0.05) is 27.7 Å². The molecule has 0 spiro atoms. The fraction of sp³-hybridized carbons (Fsp3) is 0. The Bertz CT molecular complexity index is 2860. The van der Waals surface area contributed by atoms with Crippen LogP contribution in [0.15, 0.2) is 205 Å². The molecule has 10 aromatic rings. The van der Waals surface area contributed by atoms with E-state index in [1.165, 1.54) is 43.4 Å². The highest BCUT2D eigenvalue weighted by atomic mass is 16.3. The summed E-state index contributed by atoms with van der Waals surface area (Å²) in [6, 6.07) is 71.8. The molecule has 0 aliphatic heterocycles. The number of hydrogen-bond acceptors (Lipinski definition) is 2. The highest BCUT2D eigenvalue weighted by Gasteiger charge is 2.16. The molecule has 0 amide bonds. The summed E-state index contributed by atoms with van der Waals surface area (Å²) in [7, 11) is 0. The molecule has 0 saturated heterocycles. The number of rotatable bonds is 6. The summed E-state index contributed by atoms with van der Waals surface area (Å²) in [5.41, 5.74) is 10.0. The monoisotopic (exact) mass is 663 g/mol. The third kappa shape index (κ3) is 5.30. The molecular formula is C50H33NO. The van der Waals surface area contributed by atoms with Crippen LogP contribution in [0.5, 0.6) is 0 Å². The van der Waals surface area contributed by atoms with Crippen LogP contribution >= 0.6 is 0 Å². The molecule has 1 aromatic heterocycles. The van der Waals surface area contributed by atoms with Crippen molar-refractivity contribution < 1.29 is 4.42 Å². The van der Waals surface area contributed by atoms with Crippen LogP contribution in [0.1, 0.15) is 0 Å². The highest BCUT2D eigenvalue weighted by molar-refractivity contribution is 6.08. The van der Waals surface area contributed by atoms with Crippen LogP contribution in [0.2, 0.25) is 0 Å². The van der Waals surface area contributed by atoms with Gasteiger partial charge in [0.25, 0.3) is 0 Å². The molecule has 0 radical (unpaired) electrons. The first-order chi connectivity index (χ1) is 25.7. The summed E-state index contributed by atoms with van der Waals surface area (Å²) >= 11 is 0. The number of furan rings is 1. The van der Waals surface area contributed by atoms with Gasteiger partial charge in [0.1, 0.15) is 11.3 Å². The molecule has 0 bridgehead atoms. The zero-order chi connectivity index (χ0) is 34.4. The van der Waals surface area contributed by atoms with Crippen molar-refractivity contribution in [2.75, 3.05) is 4.90 Å². The summed E-state index contributed by atoms with van der Waals surface area (Å²) in [4.78, 5) is 2.37. The Morgan fingerprint density at radius 1 is 0.308 bits per heavy atom. The second kappa shape index (κ2) is 12.5. The maximum Gasteiger partial charge on any atom is 0.135 e. The minimum absolute atomic E-state index is 0.877. The number of anilines is 3. The van der Waals surface area contributed by atoms with E-state index >= 15 is 0 Å². The molecule has 0 saturated carbocycles. The molecule has 2 nitrogen and oxygen atoms in total. The first-order valence-electron chi connectivity index (χ1n) is 17.7. The van der Waals surface area contributed by atoms with Crippen molar-refractivity contribution in [3.8, 4) is 33.6 Å². The zero-order valence-electron chi connectivity index (χ0n) is 28.4. The molecular weight excluding hydrogens is 631 g/mol. The molecule has 0 atom stereocenters. The van der Waals surface area contributed by atoms with Crippen molar-refractivity contribution in [1.29, 1.82) is 0 Å². The van der Waals surface area contributed by atoms with E-state index in [0.29, 0.717) is 0 Å². The van der Waals surface area contributed by atoms with Crippen LogP contribution < -0.4 is 4.90 Å². The number of hydrogen-bond donors (Lipinski definition) is 0. The molecule has 0 aliphatic rings. The molecule has 0 N–H and O–H groups in total. The smallest absolute Gasteiger partial charge is 0.135 e. The van der Waals surface area contributed by atoms with Gasteiger partial charge in [-0.2, -0.15) is 0 Å². The van der Waals surface area contributed by atoms with E-state index in [0.717, 1.165) is 50.5 Å². The number of para-hydroxylation sites is 1. The fourth-order valence-corrected chi connectivity index (χ4v) is 7.61. The first kappa shape index (κ1) is 30.0. The maximum absolute atomic E-state index is 6.19. The molecule has 244 valence electrons. The Hall–Kier alpha value is -6.90. The van der Waals surface area contributed by atoms with Gasteiger partial charge in [0.05, 0.1) is 5.69 Å². The second-order valence-corrected chi connectivity index (χ2v) is 13.4. The largest absolute Gasteiger partial charge is 0.456 e. The van der Waals surface area contributed by atoms with Gasteiger partial charge in [-0.15, -0.1) is 0 Å². The van der Waals surface area contributed by atoms with Crippen LogP contribution in [-0.2, 0) is 0 Å². The lowest BCUT2D eigenvalue weighted by molar-refractivity contribution is 0.631. The van der Waals surface area contributed by atoms with Gasteiger partial charge < -0.3 is 9.32 Å². The van der Waals surface area contributed by atoms with E-state index in [1.807, 2.05) is 18.2 Å². The Labute approximate surface area is 302 Å². The third-order valence-electron chi connectivity index (χ3n) is 10.2. The zero-order valence-corrected chi connectivity index (χ0v) is 28.4. The van der Waals surface area contributed by atoms with Gasteiger partial charge in [-0.1, -0.05) is 146 Å². The summed E-state index contributed by atoms with van der Waals surface area (Å²) < 4.78 is 6.19. The highest BCUT2D eigenvalue weighted by Crippen LogP contribution is 2.41. The van der Waals surface area contributed by atoms with Gasteiger partial charge in [-0.05, 0) is 104 Å². The van der Waals surface area contributed by atoms with Crippen molar-refractivity contribution in [1.82, 2.24) is 0 Å². The summed E-state index contributed by atoms with van der Waals surface area (Å²) in [6.45, 7) is 0. The Morgan fingerprint density at radius 2 is 0.846 bits per heavy atom. The maximum atomic E-state index is 6.19. The first-order valence-corrected chi connectivity index (χ1v) is 17.7. The molecule has 0 unspecified atom stereocenters. The number of nitrogens with zero attached hydrogens (tertiary/aromatic N) is 1. The van der Waals surface area contributed by atoms with Crippen molar-refractivity contribution in [3.05, 3.63) is 200 Å². The molecule has 9 aromatic carbocycles. The fourth-order valence-electron chi connectivity index (χ4n) is 7.61. The van der Waals surface area contributed by atoms with Crippen molar-refractivity contribution in [2.45, 2.75) is 0 Å². The summed E-state index contributed by atoms with van der Waals surface area (Å²) in [5.74, 6) is 0.877. The van der Waals surface area contributed by atoms with E-state index in [2.05, 4.69) is 187 Å². The van der Waals surface area contributed by atoms with Crippen molar-refractivity contribution in [3.63, 3.8) is 0 Å². The van der Waals surface area contributed by atoms with Crippen LogP contribution in [0.25, 0.3) is 76.9 Å². The van der Waals surface area contributed by atoms with E-state index in [-0.39, 0.29) is 0 Å².